The van der Waals surface area contributed by atoms with Crippen LogP contribution in [-0.2, 0) is 6.42 Å². The predicted octanol–water partition coefficient (Wildman–Crippen LogP) is 5.56. The summed E-state index contributed by atoms with van der Waals surface area (Å²) in [7, 11) is 0. The molecule has 4 nitrogen and oxygen atoms in total. The maximum absolute atomic E-state index is 13.1. The number of hydrogen-bond acceptors (Lipinski definition) is 4. The summed E-state index contributed by atoms with van der Waals surface area (Å²) in [4.78, 5) is 3.41. The topological polar surface area (TPSA) is 50.4 Å². The van der Waals surface area contributed by atoms with E-state index in [0.29, 0.717) is 27.1 Å². The number of nitrogens with zero attached hydrogens (tertiary/aromatic N) is 3. The second kappa shape index (κ2) is 8.13. The molecule has 0 saturated carbocycles. The van der Waals surface area contributed by atoms with E-state index in [4.69, 9.17) is 18.2 Å². The molecule has 3 rings (SSSR count). The van der Waals surface area contributed by atoms with E-state index in [1.807, 2.05) is 13.0 Å². The van der Waals surface area contributed by atoms with E-state index in [2.05, 4.69) is 15.0 Å². The van der Waals surface area contributed by atoms with E-state index < -0.39 is 6.10 Å². The lowest BCUT2D eigenvalue weighted by molar-refractivity contribution is 0.161. The predicted molar refractivity (Wildman–Crippen MR) is 106 cm³/mol. The van der Waals surface area contributed by atoms with Crippen molar-refractivity contribution in [1.29, 1.82) is 0 Å². The standard InChI is InChI=1S/C20H17ClFN3OS/c1-11-14(6-9-17(23-3)18(11)21)10-16(12(2)26)20-25-24-19(27-20)13-4-7-15(22)8-5-13/h4-9,12,16,26H,10H2,1-2H3/t12-,16-/m1/s1. The highest BCUT2D eigenvalue weighted by Crippen LogP contribution is 2.35. The molecule has 0 bridgehead atoms. The van der Waals surface area contributed by atoms with Gasteiger partial charge in [-0.15, -0.1) is 10.2 Å². The molecule has 0 aliphatic carbocycles. The molecule has 0 aliphatic rings. The summed E-state index contributed by atoms with van der Waals surface area (Å²) >= 11 is 7.65. The van der Waals surface area contributed by atoms with Crippen LogP contribution < -0.4 is 0 Å². The van der Waals surface area contributed by atoms with Gasteiger partial charge in [0.25, 0.3) is 0 Å². The van der Waals surface area contributed by atoms with Crippen LogP contribution in [0, 0.1) is 19.3 Å². The van der Waals surface area contributed by atoms with Crippen molar-refractivity contribution in [3.8, 4) is 10.6 Å². The lowest BCUT2D eigenvalue weighted by Gasteiger charge is -2.19. The Balaban J connectivity index is 1.90. The Labute approximate surface area is 166 Å². The fourth-order valence-corrected chi connectivity index (χ4v) is 4.09. The van der Waals surface area contributed by atoms with Crippen molar-refractivity contribution >= 4 is 28.6 Å². The summed E-state index contributed by atoms with van der Waals surface area (Å²) in [5.74, 6) is -0.564. The zero-order chi connectivity index (χ0) is 19.6. The van der Waals surface area contributed by atoms with Crippen molar-refractivity contribution in [2.75, 3.05) is 0 Å². The molecule has 1 heterocycles. The largest absolute Gasteiger partial charge is 0.393 e. The number of aliphatic hydroxyl groups excluding tert-OH is 1. The Morgan fingerprint density at radius 2 is 1.93 bits per heavy atom. The molecule has 0 amide bonds. The highest BCUT2D eigenvalue weighted by atomic mass is 35.5. The molecule has 0 unspecified atom stereocenters. The van der Waals surface area contributed by atoms with Crippen LogP contribution in [0.25, 0.3) is 15.4 Å². The van der Waals surface area contributed by atoms with Crippen LogP contribution in [0.2, 0.25) is 5.02 Å². The molecular formula is C20H17ClFN3OS. The average molecular weight is 402 g/mol. The minimum atomic E-state index is -0.641. The lowest BCUT2D eigenvalue weighted by Crippen LogP contribution is -2.17. The number of aliphatic hydroxyl groups is 1. The Morgan fingerprint density at radius 1 is 1.22 bits per heavy atom. The van der Waals surface area contributed by atoms with Gasteiger partial charge in [0.05, 0.1) is 17.7 Å². The summed E-state index contributed by atoms with van der Waals surface area (Å²) in [6, 6.07) is 9.64. The molecule has 3 aromatic rings. The molecule has 2 aromatic carbocycles. The van der Waals surface area contributed by atoms with Crippen molar-refractivity contribution in [3.63, 3.8) is 0 Å². The van der Waals surface area contributed by atoms with Gasteiger partial charge in [-0.3, -0.25) is 0 Å². The molecule has 138 valence electrons. The van der Waals surface area contributed by atoms with Gasteiger partial charge < -0.3 is 5.11 Å². The molecule has 0 saturated heterocycles. The van der Waals surface area contributed by atoms with E-state index in [1.54, 1.807) is 25.1 Å². The second-order valence-corrected chi connectivity index (χ2v) is 7.69. The molecule has 1 aromatic heterocycles. The number of aromatic nitrogens is 2. The highest BCUT2D eigenvalue weighted by molar-refractivity contribution is 7.14. The van der Waals surface area contributed by atoms with Crippen molar-refractivity contribution in [2.24, 2.45) is 0 Å². The van der Waals surface area contributed by atoms with Crippen LogP contribution in [-0.4, -0.2) is 21.4 Å². The van der Waals surface area contributed by atoms with Crippen molar-refractivity contribution < 1.29 is 9.50 Å². The molecule has 1 N–H and O–H groups in total. The molecule has 27 heavy (non-hydrogen) atoms. The third kappa shape index (κ3) is 4.16. The third-order valence-electron chi connectivity index (χ3n) is 4.47. The van der Waals surface area contributed by atoms with Gasteiger partial charge in [0, 0.05) is 11.5 Å². The van der Waals surface area contributed by atoms with Crippen LogP contribution in [0.1, 0.15) is 29.0 Å². The SMILES string of the molecule is [C-]#[N+]c1ccc(C[C@@H](c2nnc(-c3ccc(F)cc3)s2)[C@@H](C)O)c(C)c1Cl. The molecule has 0 spiro atoms. The molecule has 0 fully saturated rings. The minimum Gasteiger partial charge on any atom is -0.393 e. The molecule has 2 atom stereocenters. The van der Waals surface area contributed by atoms with E-state index in [1.165, 1.54) is 23.5 Å². The number of benzene rings is 2. The summed E-state index contributed by atoms with van der Waals surface area (Å²) in [6.45, 7) is 10.7. The molecule has 0 radical (unpaired) electrons. The first kappa shape index (κ1) is 19.4. The highest BCUT2D eigenvalue weighted by Gasteiger charge is 2.24. The van der Waals surface area contributed by atoms with Crippen molar-refractivity contribution in [3.05, 3.63) is 74.8 Å². The molecule has 0 aliphatic heterocycles. The first-order valence-corrected chi connectivity index (χ1v) is 9.53. The van der Waals surface area contributed by atoms with E-state index in [-0.39, 0.29) is 11.7 Å². The van der Waals surface area contributed by atoms with Crippen LogP contribution in [0.5, 0.6) is 0 Å². The third-order valence-corrected chi connectivity index (χ3v) is 6.05. The van der Waals surface area contributed by atoms with Gasteiger partial charge in [-0.25, -0.2) is 9.24 Å². The van der Waals surface area contributed by atoms with Gasteiger partial charge in [0.2, 0.25) is 5.69 Å². The Morgan fingerprint density at radius 3 is 2.56 bits per heavy atom. The summed E-state index contributed by atoms with van der Waals surface area (Å²) in [5, 5.41) is 20.6. The van der Waals surface area contributed by atoms with Crippen LogP contribution >= 0.6 is 22.9 Å². The zero-order valence-corrected chi connectivity index (χ0v) is 16.4. The summed E-state index contributed by atoms with van der Waals surface area (Å²) in [6.07, 6.45) is -0.114. The zero-order valence-electron chi connectivity index (χ0n) is 14.8. The summed E-state index contributed by atoms with van der Waals surface area (Å²) in [5.41, 5.74) is 2.99. The maximum Gasteiger partial charge on any atom is 0.205 e. The van der Waals surface area contributed by atoms with Crippen LogP contribution in [0.4, 0.5) is 10.1 Å². The van der Waals surface area contributed by atoms with Gasteiger partial charge >= 0.3 is 0 Å². The van der Waals surface area contributed by atoms with Crippen molar-refractivity contribution in [1.82, 2.24) is 10.2 Å². The smallest absolute Gasteiger partial charge is 0.205 e. The Bertz CT molecular complexity index is 995. The van der Waals surface area contributed by atoms with Crippen LogP contribution in [0.3, 0.4) is 0 Å². The number of hydrogen-bond donors (Lipinski definition) is 1. The Hall–Kier alpha value is -2.33. The molecule has 7 heteroatoms. The normalized spacial score (nSPS) is 13.2. The fourth-order valence-electron chi connectivity index (χ4n) is 2.81. The van der Waals surface area contributed by atoms with Crippen LogP contribution in [0.15, 0.2) is 36.4 Å². The van der Waals surface area contributed by atoms with Gasteiger partial charge in [-0.1, -0.05) is 35.1 Å². The van der Waals surface area contributed by atoms with Gasteiger partial charge in [-0.2, -0.15) is 0 Å². The van der Waals surface area contributed by atoms with E-state index in [0.717, 1.165) is 16.7 Å². The maximum atomic E-state index is 13.1. The number of halogens is 2. The first-order chi connectivity index (χ1) is 12.9. The van der Waals surface area contributed by atoms with Crippen molar-refractivity contribution in [2.45, 2.75) is 32.3 Å². The summed E-state index contributed by atoms with van der Waals surface area (Å²) < 4.78 is 13.1. The second-order valence-electron chi connectivity index (χ2n) is 6.30. The lowest BCUT2D eigenvalue weighted by atomic mass is 9.92. The fraction of sp³-hybridized carbons (Fsp3) is 0.250. The Kier molecular flexibility index (Phi) is 5.85. The average Bonchev–Trinajstić information content (AvgIpc) is 3.13. The van der Waals surface area contributed by atoms with Gasteiger partial charge in [-0.05, 0) is 55.7 Å². The van der Waals surface area contributed by atoms with Gasteiger partial charge in [0.15, 0.2) is 0 Å². The van der Waals surface area contributed by atoms with E-state index in [9.17, 15) is 9.50 Å². The number of rotatable bonds is 5. The van der Waals surface area contributed by atoms with E-state index >= 15 is 0 Å². The quantitative estimate of drug-likeness (QED) is 0.569. The molecular weight excluding hydrogens is 385 g/mol. The van der Waals surface area contributed by atoms with Gasteiger partial charge in [0.1, 0.15) is 15.8 Å². The minimum absolute atomic E-state index is 0.259. The first-order valence-electron chi connectivity index (χ1n) is 8.33. The monoisotopic (exact) mass is 401 g/mol.